The fourth-order valence-corrected chi connectivity index (χ4v) is 2.43. The van der Waals surface area contributed by atoms with Crippen LogP contribution in [0.25, 0.3) is 0 Å². The number of ether oxygens (including phenoxy) is 3. The van der Waals surface area contributed by atoms with E-state index in [2.05, 4.69) is 4.99 Å². The highest BCUT2D eigenvalue weighted by atomic mass is 35.5. The van der Waals surface area contributed by atoms with Crippen molar-refractivity contribution < 1.29 is 19.3 Å². The van der Waals surface area contributed by atoms with Crippen molar-refractivity contribution in [2.45, 2.75) is 6.92 Å². The lowest BCUT2D eigenvalue weighted by Crippen LogP contribution is -1.94. The number of hydrogen-bond donors (Lipinski definition) is 1. The molecular weight excluding hydrogens is 318 g/mol. The van der Waals surface area contributed by atoms with Gasteiger partial charge in [-0.3, -0.25) is 4.99 Å². The summed E-state index contributed by atoms with van der Waals surface area (Å²) >= 11 is 6.01. The first-order valence-electron chi connectivity index (χ1n) is 6.83. The van der Waals surface area contributed by atoms with Crippen molar-refractivity contribution in [3.8, 4) is 23.0 Å². The molecule has 0 saturated heterocycles. The standard InChI is InChI=1S/C17H18ClNO4/c1-10-5-12(18)6-11(16(10)20)9-19-13-7-14(21-2)17(23-4)15(8-13)22-3/h5-9,20H,1-4H3/b19-9+. The van der Waals surface area contributed by atoms with Gasteiger partial charge < -0.3 is 19.3 Å². The number of aliphatic imine (C=N–C) groups is 1. The first kappa shape index (κ1) is 17.0. The lowest BCUT2D eigenvalue weighted by atomic mass is 10.1. The zero-order valence-electron chi connectivity index (χ0n) is 13.4. The Balaban J connectivity index is 2.44. The van der Waals surface area contributed by atoms with Gasteiger partial charge >= 0.3 is 0 Å². The summed E-state index contributed by atoms with van der Waals surface area (Å²) in [6, 6.07) is 6.76. The molecule has 5 nitrogen and oxygen atoms in total. The third kappa shape index (κ3) is 3.68. The summed E-state index contributed by atoms with van der Waals surface area (Å²) in [5.74, 6) is 1.65. The van der Waals surface area contributed by atoms with E-state index in [1.54, 1.807) is 31.2 Å². The van der Waals surface area contributed by atoms with E-state index in [9.17, 15) is 5.11 Å². The number of rotatable bonds is 5. The topological polar surface area (TPSA) is 60.3 Å². The van der Waals surface area contributed by atoms with E-state index in [1.165, 1.54) is 27.5 Å². The molecule has 1 N–H and O–H groups in total. The van der Waals surface area contributed by atoms with Gasteiger partial charge in [-0.1, -0.05) is 11.6 Å². The van der Waals surface area contributed by atoms with Crippen LogP contribution in [0.4, 0.5) is 5.69 Å². The number of aromatic hydroxyl groups is 1. The lowest BCUT2D eigenvalue weighted by Gasteiger charge is -2.12. The number of hydrogen-bond acceptors (Lipinski definition) is 5. The minimum absolute atomic E-state index is 0.144. The van der Waals surface area contributed by atoms with Gasteiger partial charge in [-0.2, -0.15) is 0 Å². The Bertz CT molecular complexity index is 719. The highest BCUT2D eigenvalue weighted by Gasteiger charge is 2.13. The maximum Gasteiger partial charge on any atom is 0.203 e. The smallest absolute Gasteiger partial charge is 0.203 e. The van der Waals surface area contributed by atoms with Crippen LogP contribution in [0.15, 0.2) is 29.3 Å². The molecular formula is C17H18ClNO4. The van der Waals surface area contributed by atoms with Crippen LogP contribution < -0.4 is 14.2 Å². The second kappa shape index (κ2) is 7.24. The van der Waals surface area contributed by atoms with E-state index in [0.717, 1.165) is 0 Å². The van der Waals surface area contributed by atoms with Crippen molar-refractivity contribution in [2.24, 2.45) is 4.99 Å². The maximum atomic E-state index is 10.1. The van der Waals surface area contributed by atoms with Crippen molar-refractivity contribution in [1.82, 2.24) is 0 Å². The molecule has 6 heteroatoms. The molecule has 2 rings (SSSR count). The van der Waals surface area contributed by atoms with E-state index in [1.807, 2.05) is 0 Å². The average molecular weight is 336 g/mol. The van der Waals surface area contributed by atoms with E-state index < -0.39 is 0 Å². The number of nitrogens with zero attached hydrogens (tertiary/aromatic N) is 1. The third-order valence-electron chi connectivity index (χ3n) is 3.30. The van der Waals surface area contributed by atoms with E-state index >= 15 is 0 Å². The molecule has 0 amide bonds. The molecule has 0 bridgehead atoms. The van der Waals surface area contributed by atoms with Gasteiger partial charge in [-0.15, -0.1) is 0 Å². The lowest BCUT2D eigenvalue weighted by molar-refractivity contribution is 0.324. The fourth-order valence-electron chi connectivity index (χ4n) is 2.15. The Morgan fingerprint density at radius 1 is 1.00 bits per heavy atom. The summed E-state index contributed by atoms with van der Waals surface area (Å²) in [6.07, 6.45) is 1.54. The van der Waals surface area contributed by atoms with Gasteiger partial charge in [-0.25, -0.2) is 0 Å². The van der Waals surface area contributed by atoms with Crippen LogP contribution in [0.2, 0.25) is 5.02 Å². The summed E-state index contributed by atoms with van der Waals surface area (Å²) in [7, 11) is 4.62. The maximum absolute atomic E-state index is 10.1. The van der Waals surface area contributed by atoms with Crippen LogP contribution in [0, 0.1) is 6.92 Å². The van der Waals surface area contributed by atoms with Crippen molar-refractivity contribution in [3.05, 3.63) is 40.4 Å². The van der Waals surface area contributed by atoms with Gasteiger partial charge in [0.2, 0.25) is 5.75 Å². The van der Waals surface area contributed by atoms with E-state index in [0.29, 0.717) is 39.1 Å². The molecule has 0 atom stereocenters. The molecule has 0 aliphatic carbocycles. The first-order valence-corrected chi connectivity index (χ1v) is 7.21. The predicted molar refractivity (Wildman–Crippen MR) is 91.2 cm³/mol. The summed E-state index contributed by atoms with van der Waals surface area (Å²) in [5, 5.41) is 10.6. The molecule has 0 aliphatic rings. The van der Waals surface area contributed by atoms with Gasteiger partial charge in [-0.05, 0) is 24.6 Å². The number of aryl methyl sites for hydroxylation is 1. The zero-order valence-corrected chi connectivity index (χ0v) is 14.1. The number of halogens is 1. The Kier molecular flexibility index (Phi) is 5.34. The fraction of sp³-hybridized carbons (Fsp3) is 0.235. The molecule has 2 aromatic rings. The van der Waals surface area contributed by atoms with Gasteiger partial charge in [0.15, 0.2) is 11.5 Å². The summed E-state index contributed by atoms with van der Waals surface area (Å²) in [6.45, 7) is 1.78. The second-order valence-electron chi connectivity index (χ2n) is 4.80. The molecule has 0 heterocycles. The number of phenols is 1. The largest absolute Gasteiger partial charge is 0.507 e. The van der Waals surface area contributed by atoms with Crippen LogP contribution >= 0.6 is 11.6 Å². The van der Waals surface area contributed by atoms with Crippen molar-refractivity contribution in [2.75, 3.05) is 21.3 Å². The number of benzene rings is 2. The Morgan fingerprint density at radius 3 is 2.13 bits per heavy atom. The van der Waals surface area contributed by atoms with Crippen LogP contribution in [-0.4, -0.2) is 32.7 Å². The molecule has 0 fully saturated rings. The molecule has 0 aromatic heterocycles. The van der Waals surface area contributed by atoms with Gasteiger partial charge in [0, 0.05) is 28.9 Å². The average Bonchev–Trinajstić information content (AvgIpc) is 2.55. The third-order valence-corrected chi connectivity index (χ3v) is 3.52. The monoisotopic (exact) mass is 335 g/mol. The molecule has 0 aliphatic heterocycles. The van der Waals surface area contributed by atoms with Crippen molar-refractivity contribution in [1.29, 1.82) is 0 Å². The molecule has 23 heavy (non-hydrogen) atoms. The number of methoxy groups -OCH3 is 3. The summed E-state index contributed by atoms with van der Waals surface area (Å²) < 4.78 is 15.8. The van der Waals surface area contributed by atoms with Crippen LogP contribution in [0.5, 0.6) is 23.0 Å². The first-order chi connectivity index (χ1) is 11.0. The van der Waals surface area contributed by atoms with E-state index in [-0.39, 0.29) is 5.75 Å². The Labute approximate surface area is 140 Å². The van der Waals surface area contributed by atoms with E-state index in [4.69, 9.17) is 25.8 Å². The molecule has 0 spiro atoms. The molecule has 0 saturated carbocycles. The number of phenolic OH excluding ortho intramolecular Hbond substituents is 1. The molecule has 0 radical (unpaired) electrons. The van der Waals surface area contributed by atoms with Crippen LogP contribution in [-0.2, 0) is 0 Å². The van der Waals surface area contributed by atoms with Crippen molar-refractivity contribution in [3.63, 3.8) is 0 Å². The zero-order chi connectivity index (χ0) is 17.0. The van der Waals surface area contributed by atoms with Gasteiger partial charge in [0.25, 0.3) is 0 Å². The molecule has 122 valence electrons. The summed E-state index contributed by atoms with van der Waals surface area (Å²) in [5.41, 5.74) is 1.81. The minimum atomic E-state index is 0.144. The SMILES string of the molecule is COc1cc(/N=C/c2cc(Cl)cc(C)c2O)cc(OC)c1OC. The second-order valence-corrected chi connectivity index (χ2v) is 5.24. The van der Waals surface area contributed by atoms with Crippen molar-refractivity contribution >= 4 is 23.5 Å². The Morgan fingerprint density at radius 2 is 1.61 bits per heavy atom. The van der Waals surface area contributed by atoms with Crippen LogP contribution in [0.1, 0.15) is 11.1 Å². The predicted octanol–water partition coefficient (Wildman–Crippen LogP) is 4.13. The summed E-state index contributed by atoms with van der Waals surface area (Å²) in [4.78, 5) is 4.35. The Hall–Kier alpha value is -2.40. The highest BCUT2D eigenvalue weighted by Crippen LogP contribution is 2.40. The van der Waals surface area contributed by atoms with Crippen LogP contribution in [0.3, 0.4) is 0 Å². The van der Waals surface area contributed by atoms with Gasteiger partial charge in [0.1, 0.15) is 5.75 Å². The van der Waals surface area contributed by atoms with Gasteiger partial charge in [0.05, 0.1) is 27.0 Å². The molecule has 2 aromatic carbocycles. The highest BCUT2D eigenvalue weighted by molar-refractivity contribution is 6.31. The minimum Gasteiger partial charge on any atom is -0.507 e. The normalized spacial score (nSPS) is 10.8. The molecule has 0 unspecified atom stereocenters. The quantitative estimate of drug-likeness (QED) is 0.834.